The van der Waals surface area contributed by atoms with E-state index in [4.69, 9.17) is 4.74 Å². The molecule has 0 fully saturated rings. The van der Waals surface area contributed by atoms with Crippen LogP contribution in [0.2, 0.25) is 0 Å². The number of quaternary nitrogens is 2. The maximum atomic E-state index is 6.51. The van der Waals surface area contributed by atoms with Crippen molar-refractivity contribution in [1.82, 2.24) is 0 Å². The number of halogens is 2. The fourth-order valence-corrected chi connectivity index (χ4v) is 6.31. The van der Waals surface area contributed by atoms with Crippen LogP contribution in [0.1, 0.15) is 135 Å². The predicted octanol–water partition coefficient (Wildman–Crippen LogP) is 5.19. The number of unbranched alkanes of at least 4 members (excludes halogenated alkanes) is 13. The molecular weight excluding hydrogens is 595 g/mol. The molecule has 0 saturated carbocycles. The first-order valence-electron chi connectivity index (χ1n) is 18.2. The van der Waals surface area contributed by atoms with Gasteiger partial charge in [-0.2, -0.15) is 0 Å². The van der Waals surface area contributed by atoms with Crippen LogP contribution in [0, 0.1) is 0 Å². The van der Waals surface area contributed by atoms with Gasteiger partial charge in [0.2, 0.25) is 0 Å². The second kappa shape index (κ2) is 24.9. The second-order valence-electron chi connectivity index (χ2n) is 14.6. The lowest BCUT2D eigenvalue weighted by Gasteiger charge is -2.30. The maximum absolute atomic E-state index is 6.51. The summed E-state index contributed by atoms with van der Waals surface area (Å²) in [6, 6.07) is 16.3. The van der Waals surface area contributed by atoms with Gasteiger partial charge in [0.05, 0.1) is 47.9 Å². The number of benzene rings is 2. The fourth-order valence-electron chi connectivity index (χ4n) is 6.31. The molecule has 0 unspecified atom stereocenters. The van der Waals surface area contributed by atoms with Crippen molar-refractivity contribution in [3.8, 4) is 16.9 Å². The highest BCUT2D eigenvalue weighted by atomic mass is 35.5. The van der Waals surface area contributed by atoms with Crippen molar-refractivity contribution < 1.29 is 38.5 Å². The molecule has 3 nitrogen and oxygen atoms in total. The Balaban J connectivity index is 0.00000968. The lowest BCUT2D eigenvalue weighted by Crippen LogP contribution is -3.00. The highest BCUT2D eigenvalue weighted by Crippen LogP contribution is 2.33. The first kappa shape index (κ1) is 43.7. The van der Waals surface area contributed by atoms with Gasteiger partial charge in [-0.25, -0.2) is 0 Å². The van der Waals surface area contributed by atoms with Crippen LogP contribution in [-0.4, -0.2) is 56.9 Å². The van der Waals surface area contributed by atoms with E-state index in [0.717, 1.165) is 40.8 Å². The largest absolute Gasteiger partial charge is 1.00 e. The molecule has 0 bridgehead atoms. The van der Waals surface area contributed by atoms with Gasteiger partial charge in [-0.1, -0.05) is 128 Å². The summed E-state index contributed by atoms with van der Waals surface area (Å²) in [5.41, 5.74) is 5.30. The average molecular weight is 666 g/mol. The summed E-state index contributed by atoms with van der Waals surface area (Å²) in [7, 11) is 9.54. The Morgan fingerprint density at radius 3 is 1.42 bits per heavy atom. The minimum Gasteiger partial charge on any atom is -1.00 e. The van der Waals surface area contributed by atoms with E-state index in [1.807, 2.05) is 0 Å². The molecule has 0 aromatic heterocycles. The Morgan fingerprint density at radius 2 is 0.911 bits per heavy atom. The Morgan fingerprint density at radius 1 is 0.489 bits per heavy atom. The molecule has 2 rings (SSSR count). The summed E-state index contributed by atoms with van der Waals surface area (Å²) in [6.07, 6.45) is 21.3. The highest BCUT2D eigenvalue weighted by Gasteiger charge is 2.19. The Kier molecular flexibility index (Phi) is 24.2. The molecule has 0 saturated heterocycles. The molecule has 0 spiro atoms. The van der Waals surface area contributed by atoms with Gasteiger partial charge in [-0.3, -0.25) is 0 Å². The molecule has 0 radical (unpaired) electrons. The monoisotopic (exact) mass is 664 g/mol. The van der Waals surface area contributed by atoms with Crippen molar-refractivity contribution in [2.75, 3.05) is 47.9 Å². The number of ether oxygens (including phenoxy) is 1. The summed E-state index contributed by atoms with van der Waals surface area (Å²) in [5, 5.41) is 0. The maximum Gasteiger partial charge on any atom is 0.127 e. The van der Waals surface area contributed by atoms with E-state index in [1.165, 1.54) is 132 Å². The number of nitrogens with zero attached hydrogens (tertiary/aromatic N) is 2. The zero-order chi connectivity index (χ0) is 31.4. The van der Waals surface area contributed by atoms with Gasteiger partial charge < -0.3 is 38.5 Å². The van der Waals surface area contributed by atoms with Crippen LogP contribution < -0.4 is 29.6 Å². The smallest absolute Gasteiger partial charge is 0.127 e. The second-order valence-corrected chi connectivity index (χ2v) is 14.6. The van der Waals surface area contributed by atoms with Gasteiger partial charge >= 0.3 is 0 Å². The average Bonchev–Trinajstić information content (AvgIpc) is 2.97. The minimum absolute atomic E-state index is 0. The molecule has 0 aliphatic rings. The lowest BCUT2D eigenvalue weighted by atomic mass is 10.00. The number of hydrogen-bond donors (Lipinski definition) is 0. The topological polar surface area (TPSA) is 9.23 Å². The molecule has 2 aromatic carbocycles. The molecular formula is C40H70Cl2N2O. The summed E-state index contributed by atoms with van der Waals surface area (Å²) in [6.45, 7) is 12.3. The molecule has 260 valence electrons. The van der Waals surface area contributed by atoms with E-state index in [1.54, 1.807) is 0 Å². The molecule has 45 heavy (non-hydrogen) atoms. The van der Waals surface area contributed by atoms with Crippen LogP contribution in [0.15, 0.2) is 42.5 Å². The standard InChI is InChI=1S/C40H70N2O.2ClH/c1-8-11-14-17-19-21-30-41(4,5)34-36-24-27-38(28-25-36)39-29-26-37(33-40(39)43-32-23-16-13-10-3)35-42(6,7)31-22-20-18-15-12-9-2;;/h24-29,33H,8-23,30-32,34-35H2,1-7H3;2*1H/q+2;;/p-2. The van der Waals surface area contributed by atoms with Crippen molar-refractivity contribution in [1.29, 1.82) is 0 Å². The van der Waals surface area contributed by atoms with Gasteiger partial charge in [0, 0.05) is 16.7 Å². The molecule has 0 aliphatic carbocycles. The number of rotatable bonds is 25. The Bertz CT molecular complexity index is 990. The molecule has 0 atom stereocenters. The van der Waals surface area contributed by atoms with Crippen LogP contribution in [0.4, 0.5) is 0 Å². The van der Waals surface area contributed by atoms with E-state index >= 15 is 0 Å². The number of hydrogen-bond acceptors (Lipinski definition) is 1. The highest BCUT2D eigenvalue weighted by molar-refractivity contribution is 5.71. The summed E-state index contributed by atoms with van der Waals surface area (Å²) in [4.78, 5) is 0. The molecule has 5 heteroatoms. The zero-order valence-corrected chi connectivity index (χ0v) is 32.0. The van der Waals surface area contributed by atoms with Crippen LogP contribution in [0.5, 0.6) is 5.75 Å². The van der Waals surface area contributed by atoms with E-state index in [0.29, 0.717) is 0 Å². The van der Waals surface area contributed by atoms with Gasteiger partial charge in [0.15, 0.2) is 0 Å². The molecule has 0 N–H and O–H groups in total. The quantitative estimate of drug-likeness (QED) is 0.105. The summed E-state index contributed by atoms with van der Waals surface area (Å²) in [5.74, 6) is 1.06. The van der Waals surface area contributed by atoms with Crippen molar-refractivity contribution in [2.45, 2.75) is 137 Å². The summed E-state index contributed by atoms with van der Waals surface area (Å²) < 4.78 is 8.60. The Labute approximate surface area is 292 Å². The lowest BCUT2D eigenvalue weighted by molar-refractivity contribution is -0.903. The van der Waals surface area contributed by atoms with Crippen molar-refractivity contribution in [3.63, 3.8) is 0 Å². The Hall–Kier alpha value is -1.26. The van der Waals surface area contributed by atoms with Crippen LogP contribution in [-0.2, 0) is 13.1 Å². The molecule has 0 amide bonds. The third kappa shape index (κ3) is 19.2. The van der Waals surface area contributed by atoms with E-state index < -0.39 is 0 Å². The molecule has 0 heterocycles. The first-order chi connectivity index (χ1) is 20.7. The van der Waals surface area contributed by atoms with Crippen molar-refractivity contribution in [3.05, 3.63) is 53.6 Å². The molecule has 2 aromatic rings. The van der Waals surface area contributed by atoms with E-state index in [9.17, 15) is 0 Å². The van der Waals surface area contributed by atoms with Crippen LogP contribution in [0.25, 0.3) is 11.1 Å². The van der Waals surface area contributed by atoms with E-state index in [2.05, 4.69) is 91.4 Å². The fraction of sp³-hybridized carbons (Fsp3) is 0.700. The van der Waals surface area contributed by atoms with Crippen LogP contribution in [0.3, 0.4) is 0 Å². The zero-order valence-electron chi connectivity index (χ0n) is 30.4. The van der Waals surface area contributed by atoms with Gasteiger partial charge in [0.1, 0.15) is 18.8 Å². The normalized spacial score (nSPS) is 11.6. The van der Waals surface area contributed by atoms with Crippen molar-refractivity contribution in [2.24, 2.45) is 0 Å². The molecule has 0 aliphatic heterocycles. The van der Waals surface area contributed by atoms with Gasteiger partial charge in [-0.15, -0.1) is 0 Å². The predicted molar refractivity (Wildman–Crippen MR) is 190 cm³/mol. The minimum atomic E-state index is 0. The SMILES string of the molecule is CCCCCCCC[N+](C)(C)Cc1ccc(-c2ccc(C[N+](C)(C)CCCCCCCC)cc2OCCCCCC)cc1.[Cl-].[Cl-]. The van der Waals surface area contributed by atoms with Crippen molar-refractivity contribution >= 4 is 0 Å². The third-order valence-corrected chi connectivity index (χ3v) is 9.02. The van der Waals surface area contributed by atoms with Gasteiger partial charge in [0.25, 0.3) is 0 Å². The first-order valence-corrected chi connectivity index (χ1v) is 18.2. The third-order valence-electron chi connectivity index (χ3n) is 9.02. The summed E-state index contributed by atoms with van der Waals surface area (Å²) >= 11 is 0. The van der Waals surface area contributed by atoms with E-state index in [-0.39, 0.29) is 24.8 Å². The van der Waals surface area contributed by atoms with Crippen LogP contribution >= 0.6 is 0 Å². The van der Waals surface area contributed by atoms with Gasteiger partial charge in [-0.05, 0) is 43.7 Å².